The van der Waals surface area contributed by atoms with E-state index in [0.29, 0.717) is 23.5 Å². The van der Waals surface area contributed by atoms with Gasteiger partial charge in [-0.3, -0.25) is 9.97 Å². The van der Waals surface area contributed by atoms with Gasteiger partial charge in [-0.2, -0.15) is 0 Å². The molecular formula is C20H29ClN4. The third kappa shape index (κ3) is 6.07. The number of nitrogens with one attached hydrogen (secondary N) is 1. The van der Waals surface area contributed by atoms with Crippen LogP contribution < -0.4 is 11.1 Å². The third-order valence-corrected chi connectivity index (χ3v) is 4.66. The Balaban J connectivity index is 2.07. The Kier molecular flexibility index (Phi) is 7.82. The van der Waals surface area contributed by atoms with Crippen molar-refractivity contribution in [2.75, 3.05) is 6.54 Å². The van der Waals surface area contributed by atoms with Crippen LogP contribution in [0.5, 0.6) is 0 Å². The molecule has 5 heteroatoms. The summed E-state index contributed by atoms with van der Waals surface area (Å²) < 4.78 is 0. The van der Waals surface area contributed by atoms with Gasteiger partial charge in [0.25, 0.3) is 0 Å². The fraction of sp³-hybridized carbons (Fsp3) is 0.500. The number of nitrogens with two attached hydrogens (primary N) is 1. The van der Waals surface area contributed by atoms with E-state index in [9.17, 15) is 0 Å². The number of aromatic nitrogens is 2. The second kappa shape index (κ2) is 9.85. The largest absolute Gasteiger partial charge is 0.330 e. The van der Waals surface area contributed by atoms with Crippen LogP contribution in [0.15, 0.2) is 30.6 Å². The Labute approximate surface area is 156 Å². The molecule has 0 amide bonds. The van der Waals surface area contributed by atoms with E-state index in [1.165, 1.54) is 5.56 Å². The smallest absolute Gasteiger partial charge is 0.0592 e. The van der Waals surface area contributed by atoms with Gasteiger partial charge in [-0.25, -0.2) is 0 Å². The molecule has 3 N–H and O–H groups in total. The van der Waals surface area contributed by atoms with E-state index in [-0.39, 0.29) is 0 Å². The van der Waals surface area contributed by atoms with Crippen LogP contribution >= 0.6 is 11.6 Å². The van der Waals surface area contributed by atoms with Crippen molar-refractivity contribution in [3.8, 4) is 0 Å². The minimum atomic E-state index is 0.318. The predicted octanol–water partition coefficient (Wildman–Crippen LogP) is 4.00. The predicted molar refractivity (Wildman–Crippen MR) is 105 cm³/mol. The summed E-state index contributed by atoms with van der Waals surface area (Å²) in [5.74, 6) is 0.466. The summed E-state index contributed by atoms with van der Waals surface area (Å²) >= 11 is 6.02. The molecule has 4 nitrogen and oxygen atoms in total. The molecule has 0 aliphatic heterocycles. The first-order valence-corrected chi connectivity index (χ1v) is 9.37. The lowest BCUT2D eigenvalue weighted by molar-refractivity contribution is 0.457. The van der Waals surface area contributed by atoms with Crippen LogP contribution in [0.1, 0.15) is 55.1 Å². The van der Waals surface area contributed by atoms with Gasteiger partial charge in [-0.15, -0.1) is 0 Å². The van der Waals surface area contributed by atoms with Crippen molar-refractivity contribution in [1.29, 1.82) is 0 Å². The van der Waals surface area contributed by atoms with Crippen molar-refractivity contribution in [2.24, 2.45) is 5.73 Å². The molecule has 1 atom stereocenters. The van der Waals surface area contributed by atoms with Crippen molar-refractivity contribution in [1.82, 2.24) is 15.3 Å². The van der Waals surface area contributed by atoms with Gasteiger partial charge in [0.05, 0.1) is 10.7 Å². The fourth-order valence-electron chi connectivity index (χ4n) is 3.02. The van der Waals surface area contributed by atoms with Crippen LogP contribution in [0.2, 0.25) is 5.02 Å². The maximum Gasteiger partial charge on any atom is 0.0592 e. The summed E-state index contributed by atoms with van der Waals surface area (Å²) in [6, 6.07) is 6.46. The lowest BCUT2D eigenvalue weighted by Crippen LogP contribution is -2.32. The van der Waals surface area contributed by atoms with E-state index < -0.39 is 0 Å². The highest BCUT2D eigenvalue weighted by atomic mass is 35.5. The molecule has 2 aromatic rings. The second-order valence-corrected chi connectivity index (χ2v) is 7.26. The van der Waals surface area contributed by atoms with E-state index in [1.54, 1.807) is 6.20 Å². The van der Waals surface area contributed by atoms with Crippen LogP contribution in [-0.4, -0.2) is 22.6 Å². The zero-order valence-electron chi connectivity index (χ0n) is 15.4. The first-order chi connectivity index (χ1) is 12.0. The molecule has 0 spiro atoms. The van der Waals surface area contributed by atoms with Gasteiger partial charge in [0.1, 0.15) is 0 Å². The van der Waals surface area contributed by atoms with Crippen LogP contribution in [-0.2, 0) is 13.0 Å². The Bertz CT molecular complexity index is 672. The zero-order chi connectivity index (χ0) is 18.2. The summed E-state index contributed by atoms with van der Waals surface area (Å²) in [5.41, 5.74) is 10.4. The van der Waals surface area contributed by atoms with Gasteiger partial charge < -0.3 is 11.1 Å². The van der Waals surface area contributed by atoms with Crippen molar-refractivity contribution < 1.29 is 0 Å². The molecule has 0 aliphatic rings. The standard InChI is InChI=1S/C20H29ClN4/c1-14(2)18-7-5-9-23-20(18)13-24-17(6-4-8-22)11-19-15(3)10-16(21)12-25-19/h5,7,9-10,12,14,17,24H,4,6,8,11,13,22H2,1-3H3. The third-order valence-electron chi connectivity index (χ3n) is 4.46. The molecule has 0 bridgehead atoms. The lowest BCUT2D eigenvalue weighted by Gasteiger charge is -2.20. The normalized spacial score (nSPS) is 12.6. The molecule has 25 heavy (non-hydrogen) atoms. The van der Waals surface area contributed by atoms with Crippen LogP contribution in [0.3, 0.4) is 0 Å². The Morgan fingerprint density at radius 2 is 2.04 bits per heavy atom. The number of nitrogens with zero attached hydrogens (tertiary/aromatic N) is 2. The minimum Gasteiger partial charge on any atom is -0.330 e. The van der Waals surface area contributed by atoms with Crippen molar-refractivity contribution in [3.63, 3.8) is 0 Å². The summed E-state index contributed by atoms with van der Waals surface area (Å²) in [6.07, 6.45) is 6.46. The number of hydrogen-bond acceptors (Lipinski definition) is 4. The molecule has 136 valence electrons. The number of halogens is 1. The molecule has 0 saturated carbocycles. The van der Waals surface area contributed by atoms with Crippen molar-refractivity contribution >= 4 is 11.6 Å². The molecule has 2 heterocycles. The Morgan fingerprint density at radius 1 is 1.24 bits per heavy atom. The maximum atomic E-state index is 6.02. The topological polar surface area (TPSA) is 63.8 Å². The molecule has 0 fully saturated rings. The summed E-state index contributed by atoms with van der Waals surface area (Å²) in [6.45, 7) is 7.92. The average Bonchev–Trinajstić information content (AvgIpc) is 2.59. The highest BCUT2D eigenvalue weighted by molar-refractivity contribution is 6.30. The Hall–Kier alpha value is -1.49. The molecule has 0 saturated heterocycles. The van der Waals surface area contributed by atoms with E-state index in [2.05, 4.69) is 42.1 Å². The number of pyridine rings is 2. The van der Waals surface area contributed by atoms with Gasteiger partial charge in [0.2, 0.25) is 0 Å². The lowest BCUT2D eigenvalue weighted by atomic mass is 10.00. The molecule has 0 aromatic carbocycles. The second-order valence-electron chi connectivity index (χ2n) is 6.82. The molecule has 0 radical (unpaired) electrons. The van der Waals surface area contributed by atoms with Gasteiger partial charge in [0, 0.05) is 37.1 Å². The summed E-state index contributed by atoms with van der Waals surface area (Å²) in [4.78, 5) is 9.08. The average molecular weight is 361 g/mol. The van der Waals surface area contributed by atoms with Gasteiger partial charge >= 0.3 is 0 Å². The molecule has 1 unspecified atom stereocenters. The van der Waals surface area contributed by atoms with E-state index >= 15 is 0 Å². The number of aryl methyl sites for hydroxylation is 1. The highest BCUT2D eigenvalue weighted by Crippen LogP contribution is 2.18. The van der Waals surface area contributed by atoms with E-state index in [1.807, 2.05) is 18.3 Å². The summed E-state index contributed by atoms with van der Waals surface area (Å²) in [5, 5.41) is 4.35. The first-order valence-electron chi connectivity index (χ1n) is 8.99. The Morgan fingerprint density at radius 3 is 2.72 bits per heavy atom. The van der Waals surface area contributed by atoms with E-state index in [4.69, 9.17) is 17.3 Å². The van der Waals surface area contributed by atoms with E-state index in [0.717, 1.165) is 42.8 Å². The van der Waals surface area contributed by atoms with Crippen LogP contribution in [0.25, 0.3) is 0 Å². The van der Waals surface area contributed by atoms with Gasteiger partial charge in [-0.05, 0) is 55.5 Å². The van der Waals surface area contributed by atoms with Crippen molar-refractivity contribution in [2.45, 2.75) is 58.5 Å². The summed E-state index contributed by atoms with van der Waals surface area (Å²) in [7, 11) is 0. The molecule has 2 rings (SSSR count). The van der Waals surface area contributed by atoms with Gasteiger partial charge in [0.15, 0.2) is 0 Å². The molecule has 2 aromatic heterocycles. The maximum absolute atomic E-state index is 6.02. The number of rotatable bonds is 9. The monoisotopic (exact) mass is 360 g/mol. The SMILES string of the molecule is Cc1cc(Cl)cnc1CC(CCCN)NCc1ncccc1C(C)C. The van der Waals surface area contributed by atoms with Gasteiger partial charge in [-0.1, -0.05) is 31.5 Å². The fourth-order valence-corrected chi connectivity index (χ4v) is 3.23. The van der Waals surface area contributed by atoms with Crippen LogP contribution in [0, 0.1) is 6.92 Å². The van der Waals surface area contributed by atoms with Crippen LogP contribution in [0.4, 0.5) is 0 Å². The minimum absolute atomic E-state index is 0.318. The molecule has 0 aliphatic carbocycles. The molecular weight excluding hydrogens is 332 g/mol. The zero-order valence-corrected chi connectivity index (χ0v) is 16.2. The number of hydrogen-bond donors (Lipinski definition) is 2. The first kappa shape index (κ1) is 19.8. The van der Waals surface area contributed by atoms with Crippen molar-refractivity contribution in [3.05, 3.63) is 58.1 Å². The highest BCUT2D eigenvalue weighted by Gasteiger charge is 2.14. The quantitative estimate of drug-likeness (QED) is 0.709.